The molecular formula is C17H13ClFN3O2. The van der Waals surface area contributed by atoms with Gasteiger partial charge in [0.25, 0.3) is 5.91 Å². The largest absolute Gasteiger partial charge is 0.494 e. The van der Waals surface area contributed by atoms with Gasteiger partial charge < -0.3 is 10.1 Å². The number of amides is 1. The molecule has 24 heavy (non-hydrogen) atoms. The van der Waals surface area contributed by atoms with E-state index in [1.165, 1.54) is 19.2 Å². The van der Waals surface area contributed by atoms with Crippen LogP contribution >= 0.6 is 11.6 Å². The third-order valence-corrected chi connectivity index (χ3v) is 3.66. The highest BCUT2D eigenvalue weighted by molar-refractivity contribution is 6.32. The van der Waals surface area contributed by atoms with Gasteiger partial charge in [0, 0.05) is 17.8 Å². The van der Waals surface area contributed by atoms with E-state index in [1.807, 2.05) is 12.1 Å². The molecular weight excluding hydrogens is 333 g/mol. The number of anilines is 1. The van der Waals surface area contributed by atoms with Crippen LogP contribution in [0.1, 0.15) is 10.4 Å². The molecule has 0 aliphatic heterocycles. The summed E-state index contributed by atoms with van der Waals surface area (Å²) >= 11 is 6.11. The molecule has 0 unspecified atom stereocenters. The molecule has 0 spiro atoms. The van der Waals surface area contributed by atoms with Crippen molar-refractivity contribution in [3.63, 3.8) is 0 Å². The number of aromatic nitrogens is 2. The van der Waals surface area contributed by atoms with E-state index >= 15 is 0 Å². The van der Waals surface area contributed by atoms with Crippen LogP contribution in [-0.2, 0) is 0 Å². The van der Waals surface area contributed by atoms with Crippen molar-refractivity contribution in [3.8, 4) is 11.4 Å². The molecule has 0 bridgehead atoms. The fourth-order valence-electron chi connectivity index (χ4n) is 2.16. The third-order valence-electron chi connectivity index (χ3n) is 3.34. The van der Waals surface area contributed by atoms with Crippen LogP contribution in [0.5, 0.6) is 5.75 Å². The Morgan fingerprint density at radius 1 is 1.25 bits per heavy atom. The van der Waals surface area contributed by atoms with Gasteiger partial charge in [0.1, 0.15) is 0 Å². The van der Waals surface area contributed by atoms with Gasteiger partial charge in [-0.15, -0.1) is 5.10 Å². The standard InChI is InChI=1S/C17H13ClFN3O2/c1-24-15-7-6-11(10-13(15)19)17(23)20-16-8-9-22(21-16)14-5-3-2-4-12(14)18/h2-10H,1H3,(H,20,21,23). The van der Waals surface area contributed by atoms with Crippen molar-refractivity contribution in [2.45, 2.75) is 0 Å². The third kappa shape index (κ3) is 3.23. The molecule has 0 aliphatic carbocycles. The molecule has 2 aromatic carbocycles. The molecule has 0 radical (unpaired) electrons. The van der Waals surface area contributed by atoms with Crippen molar-refractivity contribution in [2.75, 3.05) is 12.4 Å². The molecule has 1 aromatic heterocycles. The smallest absolute Gasteiger partial charge is 0.256 e. The topological polar surface area (TPSA) is 56.1 Å². The molecule has 122 valence electrons. The Balaban J connectivity index is 1.78. The van der Waals surface area contributed by atoms with E-state index in [2.05, 4.69) is 10.4 Å². The SMILES string of the molecule is COc1ccc(C(=O)Nc2ccn(-c3ccccc3Cl)n2)cc1F. The number of hydrogen-bond donors (Lipinski definition) is 1. The van der Waals surface area contributed by atoms with Crippen molar-refractivity contribution in [3.05, 3.63) is 71.1 Å². The lowest BCUT2D eigenvalue weighted by Crippen LogP contribution is -2.13. The van der Waals surface area contributed by atoms with Gasteiger partial charge in [0.2, 0.25) is 0 Å². The predicted molar refractivity (Wildman–Crippen MR) is 89.5 cm³/mol. The number of rotatable bonds is 4. The number of para-hydroxylation sites is 1. The zero-order valence-electron chi connectivity index (χ0n) is 12.7. The minimum atomic E-state index is -0.605. The highest BCUT2D eigenvalue weighted by atomic mass is 35.5. The summed E-state index contributed by atoms with van der Waals surface area (Å²) in [6.45, 7) is 0. The molecule has 0 aliphatic rings. The molecule has 7 heteroatoms. The minimum Gasteiger partial charge on any atom is -0.494 e. The van der Waals surface area contributed by atoms with Crippen LogP contribution in [0, 0.1) is 5.82 Å². The van der Waals surface area contributed by atoms with Crippen molar-refractivity contribution in [2.24, 2.45) is 0 Å². The number of carbonyl (C=O) groups is 1. The Kier molecular flexibility index (Phi) is 4.48. The number of halogens is 2. The summed E-state index contributed by atoms with van der Waals surface area (Å²) in [4.78, 5) is 12.2. The number of ether oxygens (including phenoxy) is 1. The monoisotopic (exact) mass is 345 g/mol. The first kappa shape index (κ1) is 16.0. The van der Waals surface area contributed by atoms with Crippen LogP contribution in [0.15, 0.2) is 54.7 Å². The van der Waals surface area contributed by atoms with Crippen LogP contribution in [0.2, 0.25) is 5.02 Å². The maximum atomic E-state index is 13.7. The van der Waals surface area contributed by atoms with Crippen LogP contribution in [0.4, 0.5) is 10.2 Å². The zero-order chi connectivity index (χ0) is 17.1. The average molecular weight is 346 g/mol. The number of methoxy groups -OCH3 is 1. The lowest BCUT2D eigenvalue weighted by atomic mass is 10.2. The van der Waals surface area contributed by atoms with Crippen molar-refractivity contribution >= 4 is 23.3 Å². The number of hydrogen-bond acceptors (Lipinski definition) is 3. The fraction of sp³-hybridized carbons (Fsp3) is 0.0588. The van der Waals surface area contributed by atoms with Crippen molar-refractivity contribution in [1.82, 2.24) is 9.78 Å². The first-order chi connectivity index (χ1) is 11.6. The number of benzene rings is 2. The quantitative estimate of drug-likeness (QED) is 0.779. The van der Waals surface area contributed by atoms with Crippen molar-refractivity contribution < 1.29 is 13.9 Å². The van der Waals surface area contributed by atoms with Crippen LogP contribution < -0.4 is 10.1 Å². The van der Waals surface area contributed by atoms with E-state index in [0.29, 0.717) is 16.5 Å². The number of carbonyl (C=O) groups excluding carboxylic acids is 1. The minimum absolute atomic E-state index is 0.0783. The zero-order valence-corrected chi connectivity index (χ0v) is 13.4. The van der Waals surface area contributed by atoms with Gasteiger partial charge in [-0.1, -0.05) is 23.7 Å². The molecule has 1 N–H and O–H groups in total. The van der Waals surface area contributed by atoms with E-state index in [4.69, 9.17) is 16.3 Å². The van der Waals surface area contributed by atoms with Gasteiger partial charge in [-0.25, -0.2) is 9.07 Å². The van der Waals surface area contributed by atoms with Crippen LogP contribution in [-0.4, -0.2) is 22.8 Å². The summed E-state index contributed by atoms with van der Waals surface area (Å²) in [6.07, 6.45) is 1.67. The molecule has 0 saturated heterocycles. The molecule has 3 rings (SSSR count). The van der Waals surface area contributed by atoms with Gasteiger partial charge in [-0.2, -0.15) is 0 Å². The highest BCUT2D eigenvalue weighted by Gasteiger charge is 2.12. The second-order valence-corrected chi connectivity index (χ2v) is 5.31. The molecule has 5 nitrogen and oxygen atoms in total. The Bertz CT molecular complexity index is 895. The summed E-state index contributed by atoms with van der Waals surface area (Å²) in [5, 5.41) is 7.39. The highest BCUT2D eigenvalue weighted by Crippen LogP contribution is 2.21. The Labute approximate surface area is 142 Å². The maximum Gasteiger partial charge on any atom is 0.256 e. The van der Waals surface area contributed by atoms with Crippen molar-refractivity contribution in [1.29, 1.82) is 0 Å². The van der Waals surface area contributed by atoms with Gasteiger partial charge in [0.15, 0.2) is 17.4 Å². The Morgan fingerprint density at radius 3 is 2.75 bits per heavy atom. The van der Waals surface area contributed by atoms with Crippen LogP contribution in [0.3, 0.4) is 0 Å². The number of nitrogens with zero attached hydrogens (tertiary/aromatic N) is 2. The van der Waals surface area contributed by atoms with Crippen LogP contribution in [0.25, 0.3) is 5.69 Å². The normalized spacial score (nSPS) is 10.5. The molecule has 1 heterocycles. The second-order valence-electron chi connectivity index (χ2n) is 4.90. The van der Waals surface area contributed by atoms with E-state index in [0.717, 1.165) is 6.07 Å². The Morgan fingerprint density at radius 2 is 2.04 bits per heavy atom. The van der Waals surface area contributed by atoms with Gasteiger partial charge in [-0.3, -0.25) is 4.79 Å². The second kappa shape index (κ2) is 6.72. The van der Waals surface area contributed by atoms with E-state index in [-0.39, 0.29) is 11.3 Å². The average Bonchev–Trinajstić information content (AvgIpc) is 3.03. The lowest BCUT2D eigenvalue weighted by molar-refractivity contribution is 0.102. The summed E-state index contributed by atoms with van der Waals surface area (Å²) in [7, 11) is 1.36. The Hall–Kier alpha value is -2.86. The van der Waals surface area contributed by atoms with Gasteiger partial charge >= 0.3 is 0 Å². The van der Waals surface area contributed by atoms with E-state index in [1.54, 1.807) is 29.1 Å². The van der Waals surface area contributed by atoms with Gasteiger partial charge in [0.05, 0.1) is 17.8 Å². The molecule has 0 saturated carbocycles. The first-order valence-corrected chi connectivity index (χ1v) is 7.42. The maximum absolute atomic E-state index is 13.7. The molecule has 0 atom stereocenters. The van der Waals surface area contributed by atoms with Gasteiger partial charge in [-0.05, 0) is 30.3 Å². The molecule has 0 fully saturated rings. The number of nitrogens with one attached hydrogen (secondary N) is 1. The summed E-state index contributed by atoms with van der Waals surface area (Å²) in [5.74, 6) is -0.668. The summed E-state index contributed by atoms with van der Waals surface area (Å²) < 4.78 is 20.1. The first-order valence-electron chi connectivity index (χ1n) is 7.04. The molecule has 1 amide bonds. The van der Waals surface area contributed by atoms with E-state index in [9.17, 15) is 9.18 Å². The summed E-state index contributed by atoms with van der Waals surface area (Å²) in [6, 6.07) is 12.8. The van der Waals surface area contributed by atoms with E-state index < -0.39 is 11.7 Å². The lowest BCUT2D eigenvalue weighted by Gasteiger charge is -2.06. The predicted octanol–water partition coefficient (Wildman–Crippen LogP) is 3.93. The fourth-order valence-corrected chi connectivity index (χ4v) is 2.38. The molecule has 3 aromatic rings. The summed E-state index contributed by atoms with van der Waals surface area (Å²) in [5.41, 5.74) is 0.857.